The lowest BCUT2D eigenvalue weighted by Crippen LogP contribution is -2.05. The number of rotatable bonds is 5. The van der Waals surface area contributed by atoms with E-state index < -0.39 is 0 Å². The number of nitrogens with one attached hydrogen (secondary N) is 1. The number of benzene rings is 1. The summed E-state index contributed by atoms with van der Waals surface area (Å²) in [4.78, 5) is 4.73. The highest BCUT2D eigenvalue weighted by Crippen LogP contribution is 2.30. The number of thioether (sulfide) groups is 1. The van der Waals surface area contributed by atoms with E-state index in [0.29, 0.717) is 6.61 Å². The molecule has 0 saturated carbocycles. The molecular weight excluding hydrogens is 284 g/mol. The average molecular weight is 302 g/mol. The Morgan fingerprint density at radius 3 is 3.05 bits per heavy atom. The van der Waals surface area contributed by atoms with Crippen LogP contribution in [0.1, 0.15) is 11.6 Å². The Morgan fingerprint density at radius 1 is 1.38 bits per heavy atom. The van der Waals surface area contributed by atoms with Crippen LogP contribution in [0.3, 0.4) is 0 Å². The first-order valence-corrected chi connectivity index (χ1v) is 7.87. The van der Waals surface area contributed by atoms with E-state index in [2.05, 4.69) is 34.7 Å². The number of aromatic nitrogens is 2. The second-order valence-corrected chi connectivity index (χ2v) is 5.79. The van der Waals surface area contributed by atoms with Gasteiger partial charge in [-0.3, -0.25) is 9.67 Å². The molecule has 5 nitrogen and oxygen atoms in total. The topological polar surface area (TPSA) is 51.4 Å². The molecule has 1 aliphatic rings. The summed E-state index contributed by atoms with van der Waals surface area (Å²) in [5.74, 6) is 0.976. The highest BCUT2D eigenvalue weighted by Gasteiger charge is 2.20. The van der Waals surface area contributed by atoms with Gasteiger partial charge in [-0.25, -0.2) is 0 Å². The average Bonchev–Trinajstić information content (AvgIpc) is 3.16. The van der Waals surface area contributed by atoms with Crippen molar-refractivity contribution in [1.29, 1.82) is 0 Å². The molecular formula is C15H18N4OS. The number of amidine groups is 1. The maximum absolute atomic E-state index is 5.04. The minimum Gasteiger partial charge on any atom is -0.383 e. The molecule has 1 unspecified atom stereocenters. The van der Waals surface area contributed by atoms with Crippen LogP contribution in [0.2, 0.25) is 0 Å². The summed E-state index contributed by atoms with van der Waals surface area (Å²) in [5, 5.41) is 8.56. The quantitative estimate of drug-likeness (QED) is 0.923. The van der Waals surface area contributed by atoms with Crippen molar-refractivity contribution in [3.8, 4) is 0 Å². The SMILES string of the molecule is COCCn1cc(NC2=NC(c3ccccc3)CS2)cn1. The molecule has 1 N–H and O–H groups in total. The largest absolute Gasteiger partial charge is 0.383 e. The molecule has 6 heteroatoms. The molecule has 0 spiro atoms. The van der Waals surface area contributed by atoms with Crippen molar-refractivity contribution in [2.45, 2.75) is 12.6 Å². The van der Waals surface area contributed by atoms with E-state index in [1.807, 2.05) is 23.1 Å². The first-order chi connectivity index (χ1) is 10.3. The van der Waals surface area contributed by atoms with Crippen LogP contribution in [0.25, 0.3) is 0 Å². The maximum atomic E-state index is 5.04. The zero-order chi connectivity index (χ0) is 14.5. The molecule has 2 heterocycles. The molecule has 0 bridgehead atoms. The second-order valence-electron chi connectivity index (χ2n) is 4.78. The van der Waals surface area contributed by atoms with E-state index in [0.717, 1.165) is 23.2 Å². The minimum atomic E-state index is 0.238. The third-order valence-electron chi connectivity index (χ3n) is 3.24. The van der Waals surface area contributed by atoms with E-state index in [-0.39, 0.29) is 6.04 Å². The standard InChI is InChI=1S/C15H18N4OS/c1-20-8-7-19-10-13(9-16-19)17-15-18-14(11-21-15)12-5-3-2-4-6-12/h2-6,9-10,14H,7-8,11H2,1H3,(H,17,18). The number of ether oxygens (including phenoxy) is 1. The lowest BCUT2D eigenvalue weighted by Gasteiger charge is -2.04. The monoisotopic (exact) mass is 302 g/mol. The molecule has 1 aromatic carbocycles. The van der Waals surface area contributed by atoms with Crippen LogP contribution in [-0.2, 0) is 11.3 Å². The highest BCUT2D eigenvalue weighted by atomic mass is 32.2. The van der Waals surface area contributed by atoms with Crippen molar-refractivity contribution in [2.75, 3.05) is 24.8 Å². The molecule has 1 aromatic heterocycles. The summed E-state index contributed by atoms with van der Waals surface area (Å²) in [6, 6.07) is 10.6. The Hall–Kier alpha value is -1.79. The number of hydrogen-bond acceptors (Lipinski definition) is 5. The van der Waals surface area contributed by atoms with Crippen LogP contribution in [0.5, 0.6) is 0 Å². The first kappa shape index (κ1) is 14.2. The molecule has 0 radical (unpaired) electrons. The van der Waals surface area contributed by atoms with E-state index in [1.54, 1.807) is 18.9 Å². The first-order valence-electron chi connectivity index (χ1n) is 6.89. The fourth-order valence-corrected chi connectivity index (χ4v) is 3.12. The lowest BCUT2D eigenvalue weighted by atomic mass is 10.1. The fraction of sp³-hybridized carbons (Fsp3) is 0.333. The number of methoxy groups -OCH3 is 1. The summed E-state index contributed by atoms with van der Waals surface area (Å²) < 4.78 is 6.90. The molecule has 21 heavy (non-hydrogen) atoms. The molecule has 3 rings (SSSR count). The van der Waals surface area contributed by atoms with Gasteiger partial charge in [0.05, 0.1) is 31.1 Å². The molecule has 2 aromatic rings. The van der Waals surface area contributed by atoms with Crippen LogP contribution in [0.4, 0.5) is 5.69 Å². The van der Waals surface area contributed by atoms with Gasteiger partial charge < -0.3 is 10.1 Å². The van der Waals surface area contributed by atoms with E-state index in [1.165, 1.54) is 5.56 Å². The van der Waals surface area contributed by atoms with Gasteiger partial charge in [0.15, 0.2) is 5.17 Å². The summed E-state index contributed by atoms with van der Waals surface area (Å²) in [5.41, 5.74) is 2.23. The molecule has 0 saturated heterocycles. The lowest BCUT2D eigenvalue weighted by molar-refractivity contribution is 0.183. The molecule has 1 atom stereocenters. The van der Waals surface area contributed by atoms with Crippen molar-refractivity contribution in [2.24, 2.45) is 4.99 Å². The number of anilines is 1. The fourth-order valence-electron chi connectivity index (χ4n) is 2.15. The van der Waals surface area contributed by atoms with Crippen molar-refractivity contribution in [3.63, 3.8) is 0 Å². The third kappa shape index (κ3) is 3.65. The molecule has 0 aliphatic carbocycles. The zero-order valence-electron chi connectivity index (χ0n) is 11.9. The van der Waals surface area contributed by atoms with Gasteiger partial charge in [-0.15, -0.1) is 0 Å². The Morgan fingerprint density at radius 2 is 2.24 bits per heavy atom. The Bertz CT molecular complexity index is 611. The van der Waals surface area contributed by atoms with Crippen LogP contribution in [0.15, 0.2) is 47.7 Å². The number of nitrogens with zero attached hydrogens (tertiary/aromatic N) is 3. The van der Waals surface area contributed by atoms with Gasteiger partial charge in [-0.2, -0.15) is 5.10 Å². The Labute approximate surface area is 128 Å². The van der Waals surface area contributed by atoms with Gasteiger partial charge in [-0.1, -0.05) is 42.1 Å². The smallest absolute Gasteiger partial charge is 0.161 e. The second kappa shape index (κ2) is 6.78. The summed E-state index contributed by atoms with van der Waals surface area (Å²) in [6.07, 6.45) is 3.78. The molecule has 0 fully saturated rings. The van der Waals surface area contributed by atoms with Gasteiger partial charge >= 0.3 is 0 Å². The van der Waals surface area contributed by atoms with Crippen LogP contribution in [-0.4, -0.2) is 34.4 Å². The number of hydrogen-bond donors (Lipinski definition) is 1. The van der Waals surface area contributed by atoms with E-state index in [4.69, 9.17) is 9.73 Å². The third-order valence-corrected chi connectivity index (χ3v) is 4.21. The van der Waals surface area contributed by atoms with Gasteiger partial charge in [0, 0.05) is 19.1 Å². The van der Waals surface area contributed by atoms with Gasteiger partial charge in [0.25, 0.3) is 0 Å². The molecule has 0 amide bonds. The maximum Gasteiger partial charge on any atom is 0.161 e. The van der Waals surface area contributed by atoms with Gasteiger partial charge in [-0.05, 0) is 5.56 Å². The molecule has 110 valence electrons. The number of aliphatic imine (C=N–C) groups is 1. The Kier molecular flexibility index (Phi) is 4.57. The van der Waals surface area contributed by atoms with Crippen molar-refractivity contribution in [1.82, 2.24) is 9.78 Å². The van der Waals surface area contributed by atoms with Crippen LogP contribution >= 0.6 is 11.8 Å². The Balaban J connectivity index is 1.62. The summed E-state index contributed by atoms with van der Waals surface area (Å²) in [7, 11) is 1.69. The highest BCUT2D eigenvalue weighted by molar-refractivity contribution is 8.14. The predicted molar refractivity (Wildman–Crippen MR) is 86.8 cm³/mol. The summed E-state index contributed by atoms with van der Waals surface area (Å²) in [6.45, 7) is 1.41. The van der Waals surface area contributed by atoms with Crippen molar-refractivity contribution >= 4 is 22.6 Å². The van der Waals surface area contributed by atoms with Crippen LogP contribution < -0.4 is 5.32 Å². The van der Waals surface area contributed by atoms with E-state index >= 15 is 0 Å². The van der Waals surface area contributed by atoms with Gasteiger partial charge in [0.1, 0.15) is 0 Å². The normalized spacial score (nSPS) is 17.8. The van der Waals surface area contributed by atoms with Gasteiger partial charge in [0.2, 0.25) is 0 Å². The molecule has 1 aliphatic heterocycles. The zero-order valence-corrected chi connectivity index (χ0v) is 12.7. The summed E-state index contributed by atoms with van der Waals surface area (Å²) >= 11 is 1.74. The predicted octanol–water partition coefficient (Wildman–Crippen LogP) is 2.79. The van der Waals surface area contributed by atoms with Crippen molar-refractivity contribution < 1.29 is 4.74 Å². The van der Waals surface area contributed by atoms with Crippen LogP contribution in [0, 0.1) is 0 Å². The van der Waals surface area contributed by atoms with E-state index in [9.17, 15) is 0 Å². The van der Waals surface area contributed by atoms with Crippen molar-refractivity contribution in [3.05, 3.63) is 48.3 Å². The minimum absolute atomic E-state index is 0.238.